The summed E-state index contributed by atoms with van der Waals surface area (Å²) in [5.41, 5.74) is 5.40. The third-order valence-corrected chi connectivity index (χ3v) is 6.98. The number of hydrogen-bond donors (Lipinski definition) is 5. The number of alkyl carbamates (subject to hydrolysis) is 2. The van der Waals surface area contributed by atoms with Crippen LogP contribution in [0, 0.1) is 5.92 Å². The highest BCUT2D eigenvalue weighted by Crippen LogP contribution is 2.37. The Morgan fingerprint density at radius 2 is 1.46 bits per heavy atom. The van der Waals surface area contributed by atoms with E-state index in [0.717, 1.165) is 32.3 Å². The molecule has 0 bridgehead atoms. The average molecular weight is 548 g/mol. The fourth-order valence-corrected chi connectivity index (χ4v) is 4.13. The fraction of sp³-hybridized carbons (Fsp3) is 0.900. The van der Waals surface area contributed by atoms with Crippen LogP contribution >= 0.6 is 7.60 Å². The van der Waals surface area contributed by atoms with Crippen LogP contribution in [0.3, 0.4) is 0 Å². The first-order valence-electron chi connectivity index (χ1n) is 11.8. The number of carbonyl (C=O) groups is 2. The zero-order chi connectivity index (χ0) is 26.6. The largest absolute Gasteiger partial charge is 0.448 e. The van der Waals surface area contributed by atoms with E-state index in [9.17, 15) is 27.7 Å². The zero-order valence-corrected chi connectivity index (χ0v) is 22.2. The van der Waals surface area contributed by atoms with Crippen molar-refractivity contribution in [3.05, 3.63) is 0 Å². The van der Waals surface area contributed by atoms with E-state index in [1.165, 1.54) is 0 Å². The quantitative estimate of drug-likeness (QED) is 0.101. The molecule has 0 radical (unpaired) electrons. The Bertz CT molecular complexity index is 733. The Kier molecular flexibility index (Phi) is 18.9. The van der Waals surface area contributed by atoms with E-state index in [1.807, 2.05) is 0 Å². The Morgan fingerprint density at radius 3 is 1.94 bits per heavy atom. The Morgan fingerprint density at radius 1 is 0.943 bits per heavy atom. The second kappa shape index (κ2) is 19.7. The molecule has 13 nitrogen and oxygen atoms in total. The molecule has 2 atom stereocenters. The summed E-state index contributed by atoms with van der Waals surface area (Å²) < 4.78 is 49.5. The monoisotopic (exact) mass is 547 g/mol. The predicted molar refractivity (Wildman–Crippen MR) is 131 cm³/mol. The molecule has 0 aromatic heterocycles. The summed E-state index contributed by atoms with van der Waals surface area (Å²) in [5, 5.41) is 14.3. The van der Waals surface area contributed by atoms with Gasteiger partial charge in [-0.1, -0.05) is 19.3 Å². The van der Waals surface area contributed by atoms with Crippen LogP contribution in [0.15, 0.2) is 0 Å². The van der Waals surface area contributed by atoms with Gasteiger partial charge in [0.15, 0.2) is 9.84 Å². The van der Waals surface area contributed by atoms with Gasteiger partial charge < -0.3 is 40.4 Å². The van der Waals surface area contributed by atoms with Gasteiger partial charge in [0, 0.05) is 32.3 Å². The van der Waals surface area contributed by atoms with Crippen LogP contribution in [0.25, 0.3) is 0 Å². The summed E-state index contributed by atoms with van der Waals surface area (Å²) in [6, 6.07) is 0. The van der Waals surface area contributed by atoms with Crippen molar-refractivity contribution in [3.63, 3.8) is 0 Å². The van der Waals surface area contributed by atoms with E-state index in [4.69, 9.17) is 24.6 Å². The van der Waals surface area contributed by atoms with Gasteiger partial charge in [0.2, 0.25) is 0 Å². The van der Waals surface area contributed by atoms with Crippen molar-refractivity contribution in [2.24, 2.45) is 11.7 Å². The lowest BCUT2D eigenvalue weighted by Crippen LogP contribution is -2.29. The van der Waals surface area contributed by atoms with Crippen molar-refractivity contribution >= 4 is 29.6 Å². The molecule has 0 fully saturated rings. The van der Waals surface area contributed by atoms with Crippen LogP contribution in [0.4, 0.5) is 9.59 Å². The van der Waals surface area contributed by atoms with Crippen LogP contribution in [0.2, 0.25) is 0 Å². The van der Waals surface area contributed by atoms with Crippen molar-refractivity contribution in [1.82, 2.24) is 10.6 Å². The van der Waals surface area contributed by atoms with Crippen molar-refractivity contribution in [1.29, 1.82) is 0 Å². The second-order valence-corrected chi connectivity index (χ2v) is 12.3. The highest BCUT2D eigenvalue weighted by molar-refractivity contribution is 7.91. The second-order valence-electron chi connectivity index (χ2n) is 8.12. The van der Waals surface area contributed by atoms with E-state index in [0.29, 0.717) is 32.4 Å². The molecule has 0 aromatic rings. The molecule has 2 amide bonds. The Labute approximate surface area is 207 Å². The topological polar surface area (TPSA) is 204 Å². The van der Waals surface area contributed by atoms with E-state index in [1.54, 1.807) is 0 Å². The summed E-state index contributed by atoms with van der Waals surface area (Å²) in [6.07, 6.45) is 3.97. The normalized spacial score (nSPS) is 14.1. The SMILES string of the molecule is CP(=O)(O)OCC(CO)CCCCNC(=O)OCCS(=O)(=O)CCOC(=O)NCCCCCCN. The predicted octanol–water partition coefficient (Wildman–Crippen LogP) is 0.983. The minimum absolute atomic E-state index is 0.0317. The molecular weight excluding hydrogens is 505 g/mol. The number of hydrogen-bond acceptors (Lipinski definition) is 10. The summed E-state index contributed by atoms with van der Waals surface area (Å²) in [5.74, 6) is -1.05. The summed E-state index contributed by atoms with van der Waals surface area (Å²) in [6.45, 7) is 1.61. The van der Waals surface area contributed by atoms with Crippen LogP contribution in [-0.4, -0.2) is 94.8 Å². The number of ether oxygens (including phenoxy) is 2. The number of rotatable bonds is 21. The van der Waals surface area contributed by atoms with Gasteiger partial charge in [-0.05, 0) is 32.2 Å². The van der Waals surface area contributed by atoms with Crippen molar-refractivity contribution in [2.45, 2.75) is 44.9 Å². The molecule has 15 heteroatoms. The summed E-state index contributed by atoms with van der Waals surface area (Å²) in [7, 11) is -7.15. The number of aliphatic hydroxyl groups excluding tert-OH is 1. The fourth-order valence-electron chi connectivity index (χ4n) is 2.76. The molecule has 2 unspecified atom stereocenters. The number of sulfone groups is 1. The van der Waals surface area contributed by atoms with E-state index in [-0.39, 0.29) is 44.6 Å². The number of aliphatic hydroxyl groups is 1. The minimum Gasteiger partial charge on any atom is -0.448 e. The molecule has 0 aliphatic heterocycles. The van der Waals surface area contributed by atoms with Crippen molar-refractivity contribution < 1.29 is 46.6 Å². The molecule has 6 N–H and O–H groups in total. The first kappa shape index (κ1) is 33.6. The van der Waals surface area contributed by atoms with E-state index in [2.05, 4.69) is 10.6 Å². The molecule has 35 heavy (non-hydrogen) atoms. The summed E-state index contributed by atoms with van der Waals surface area (Å²) >= 11 is 0. The molecular formula is C20H42N3O10PS. The third kappa shape index (κ3) is 22.7. The number of nitrogens with two attached hydrogens (primary N) is 1. The standard InChI is InChI=1S/C20H42N3O10PS/c1-34(27,28)33-17-18(16-24)8-4-7-11-23-20(26)32-13-15-35(29,30)14-12-31-19(25)22-10-6-3-2-5-9-21/h18,24H,2-17,21H2,1H3,(H,22,25)(H,23,26)(H,27,28). The molecule has 0 heterocycles. The van der Waals surface area contributed by atoms with Gasteiger partial charge in [0.1, 0.15) is 13.2 Å². The van der Waals surface area contributed by atoms with Crippen LogP contribution in [0.1, 0.15) is 44.9 Å². The first-order valence-corrected chi connectivity index (χ1v) is 15.6. The lowest BCUT2D eigenvalue weighted by Gasteiger charge is -2.15. The van der Waals surface area contributed by atoms with Gasteiger partial charge in [-0.25, -0.2) is 18.0 Å². The van der Waals surface area contributed by atoms with E-state index < -0.39 is 35.4 Å². The van der Waals surface area contributed by atoms with Crippen LogP contribution in [0.5, 0.6) is 0 Å². The van der Waals surface area contributed by atoms with Gasteiger partial charge in [-0.2, -0.15) is 0 Å². The molecule has 0 aliphatic rings. The summed E-state index contributed by atoms with van der Waals surface area (Å²) in [4.78, 5) is 32.3. The van der Waals surface area contributed by atoms with Crippen molar-refractivity contribution in [2.75, 3.05) is 64.2 Å². The Balaban J connectivity index is 3.81. The van der Waals surface area contributed by atoms with Crippen LogP contribution in [-0.2, 0) is 28.4 Å². The maximum Gasteiger partial charge on any atom is 0.407 e. The zero-order valence-electron chi connectivity index (χ0n) is 20.5. The molecule has 0 aliphatic carbocycles. The molecule has 208 valence electrons. The van der Waals surface area contributed by atoms with Gasteiger partial charge in [0.25, 0.3) is 0 Å². The number of carbonyl (C=O) groups excluding carboxylic acids is 2. The molecule has 0 saturated heterocycles. The maximum absolute atomic E-state index is 12.0. The average Bonchev–Trinajstić information content (AvgIpc) is 2.77. The van der Waals surface area contributed by atoms with Crippen molar-refractivity contribution in [3.8, 4) is 0 Å². The molecule has 0 spiro atoms. The van der Waals surface area contributed by atoms with E-state index >= 15 is 0 Å². The van der Waals surface area contributed by atoms with Crippen LogP contribution < -0.4 is 16.4 Å². The lowest BCUT2D eigenvalue weighted by atomic mass is 10.0. The molecule has 0 saturated carbocycles. The van der Waals surface area contributed by atoms with Gasteiger partial charge >= 0.3 is 19.8 Å². The highest BCUT2D eigenvalue weighted by atomic mass is 32.2. The minimum atomic E-state index is -3.59. The smallest absolute Gasteiger partial charge is 0.407 e. The first-order chi connectivity index (χ1) is 16.5. The highest BCUT2D eigenvalue weighted by Gasteiger charge is 2.16. The van der Waals surface area contributed by atoms with Gasteiger partial charge in [-0.15, -0.1) is 0 Å². The number of unbranched alkanes of at least 4 members (excludes halogenated alkanes) is 4. The van der Waals surface area contributed by atoms with Gasteiger partial charge in [-0.3, -0.25) is 4.57 Å². The molecule has 0 aromatic carbocycles. The van der Waals surface area contributed by atoms with Gasteiger partial charge in [0.05, 0.1) is 18.1 Å². The number of amides is 2. The lowest BCUT2D eigenvalue weighted by molar-refractivity contribution is 0.143. The third-order valence-electron chi connectivity index (χ3n) is 4.77. The maximum atomic E-state index is 12.0. The number of nitrogens with one attached hydrogen (secondary N) is 2. The Hall–Kier alpha value is -1.44. The molecule has 0 rings (SSSR count).